The summed E-state index contributed by atoms with van der Waals surface area (Å²) in [4.78, 5) is 8.09. The van der Waals surface area contributed by atoms with Gasteiger partial charge in [0.15, 0.2) is 0 Å². The van der Waals surface area contributed by atoms with Crippen molar-refractivity contribution in [2.75, 3.05) is 93.7 Å². The van der Waals surface area contributed by atoms with Gasteiger partial charge in [-0.1, -0.05) is 23.7 Å². The molecule has 0 atom stereocenters. The molecule has 0 aliphatic carbocycles. The zero-order chi connectivity index (χ0) is 30.0. The Hall–Kier alpha value is -0.231. The van der Waals surface area contributed by atoms with Gasteiger partial charge in [0.05, 0.1) is 36.6 Å². The molecule has 0 spiro atoms. The number of nitrogens with zero attached hydrogens (tertiary/aromatic N) is 2. The molecule has 0 aliphatic heterocycles. The maximum Gasteiger partial charge on any atom is 0.0733 e. The smallest absolute Gasteiger partial charge is 0.0733 e. The minimum absolute atomic E-state index is 0. The van der Waals surface area contributed by atoms with Gasteiger partial charge in [0.1, 0.15) is 0 Å². The topological polar surface area (TPSA) is 108 Å². The number of hydrogen-bond donors (Lipinski definition) is 0. The molecule has 11 heteroatoms. The van der Waals surface area contributed by atoms with E-state index in [1.54, 1.807) is 41.9 Å². The van der Waals surface area contributed by atoms with Crippen LogP contribution in [0.15, 0.2) is 33.7 Å². The van der Waals surface area contributed by atoms with Crippen LogP contribution in [0.5, 0.6) is 0 Å². The summed E-state index contributed by atoms with van der Waals surface area (Å²) in [5.74, 6) is -0.300. The molecular formula is C28H58N2O6P2Tc. The molecule has 0 N–H and O–H groups in total. The van der Waals surface area contributed by atoms with Crippen molar-refractivity contribution in [1.29, 1.82) is 0 Å². The van der Waals surface area contributed by atoms with Crippen LogP contribution in [0.1, 0.15) is 40.5 Å². The fourth-order valence-electron chi connectivity index (χ4n) is 2.25. The Morgan fingerprint density at radius 2 is 0.974 bits per heavy atom. The van der Waals surface area contributed by atoms with Gasteiger partial charge in [-0.05, 0) is 43.5 Å². The maximum atomic E-state index is 11.7. The third kappa shape index (κ3) is 32.2. The molecule has 0 saturated heterocycles. The van der Waals surface area contributed by atoms with Gasteiger partial charge in [-0.25, -0.2) is 0 Å². The first-order valence-corrected chi connectivity index (χ1v) is 18.5. The Morgan fingerprint density at radius 1 is 0.667 bits per heavy atom. The van der Waals surface area contributed by atoms with Crippen LogP contribution in [0.4, 0.5) is 0 Å². The number of ether oxygens (including phenoxy) is 4. The Labute approximate surface area is 256 Å². The van der Waals surface area contributed by atoms with Crippen molar-refractivity contribution in [3.05, 3.63) is 23.7 Å². The molecule has 0 saturated carbocycles. The van der Waals surface area contributed by atoms with Crippen molar-refractivity contribution < 1.29 is 49.3 Å². The quantitative estimate of drug-likeness (QED) is 0.101. The summed E-state index contributed by atoms with van der Waals surface area (Å²) < 4.78 is 19.9. The van der Waals surface area contributed by atoms with E-state index in [1.807, 2.05) is 0 Å². The average Bonchev–Trinajstić information content (AvgIpc) is 2.86. The normalized spacial score (nSPS) is 12.9. The van der Waals surface area contributed by atoms with Crippen molar-refractivity contribution >= 4 is 28.3 Å². The second-order valence-corrected chi connectivity index (χ2v) is 16.0. The van der Waals surface area contributed by atoms with Crippen molar-refractivity contribution in [3.63, 3.8) is 0 Å². The molecule has 8 nitrogen and oxygen atoms in total. The predicted molar refractivity (Wildman–Crippen MR) is 168 cm³/mol. The van der Waals surface area contributed by atoms with Crippen LogP contribution >= 0.6 is 15.8 Å². The van der Waals surface area contributed by atoms with Crippen molar-refractivity contribution in [3.8, 4) is 0 Å². The van der Waals surface area contributed by atoms with E-state index in [0.717, 1.165) is 13.2 Å². The molecular weight excluding hydrogens is 621 g/mol. The van der Waals surface area contributed by atoms with Crippen molar-refractivity contribution in [2.45, 2.75) is 51.7 Å². The summed E-state index contributed by atoms with van der Waals surface area (Å²) in [6.45, 7) is 18.9. The van der Waals surface area contributed by atoms with Gasteiger partial charge < -0.3 is 29.2 Å². The second-order valence-electron chi connectivity index (χ2n) is 10.2. The fourth-order valence-corrected chi connectivity index (χ4v) is 3.95. The van der Waals surface area contributed by atoms with Crippen LogP contribution in [-0.4, -0.2) is 117 Å². The number of hydrogen-bond acceptors (Lipinski definition) is 8. The fraction of sp³-hybridized carbons (Fsp3) is 0.786. The molecule has 0 heterocycles. The number of rotatable bonds is 17. The second kappa shape index (κ2) is 29.3. The molecule has 39 heavy (non-hydrogen) atoms. The summed E-state index contributed by atoms with van der Waals surface area (Å²) >= 11 is 0. The predicted octanol–water partition coefficient (Wildman–Crippen LogP) is 3.46. The van der Waals surface area contributed by atoms with E-state index < -0.39 is 11.2 Å². The average molecular weight is 680 g/mol. The molecule has 0 aromatic heterocycles. The monoisotopic (exact) mass is 679 g/mol. The zero-order valence-corrected chi connectivity index (χ0v) is 30.5. The summed E-state index contributed by atoms with van der Waals surface area (Å²) in [6, 6.07) is 0. The molecule has 0 aromatic rings. The van der Waals surface area contributed by atoms with E-state index in [1.165, 1.54) is 64.0 Å². The molecule has 0 rings (SSSR count). The molecule has 0 fully saturated rings. The van der Waals surface area contributed by atoms with Gasteiger partial charge in [-0.15, -0.1) is 0 Å². The van der Waals surface area contributed by atoms with E-state index in [0.29, 0.717) is 13.1 Å². The number of aliphatic imine (C=N–C) groups is 2. The first kappa shape index (κ1) is 45.7. The van der Waals surface area contributed by atoms with Crippen LogP contribution in [0.25, 0.3) is 0 Å². The van der Waals surface area contributed by atoms with Gasteiger partial charge in [-0.2, -0.15) is 0 Å². The van der Waals surface area contributed by atoms with Crippen LogP contribution in [0.2, 0.25) is 0 Å². The van der Waals surface area contributed by atoms with Crippen LogP contribution in [0.3, 0.4) is 0 Å². The van der Waals surface area contributed by atoms with Gasteiger partial charge >= 0.3 is 0 Å². The summed E-state index contributed by atoms with van der Waals surface area (Å²) in [5.41, 5.74) is -1.68. The molecule has 0 aromatic carbocycles. The van der Waals surface area contributed by atoms with Crippen molar-refractivity contribution in [2.24, 2.45) is 9.98 Å². The van der Waals surface area contributed by atoms with E-state index in [4.69, 9.17) is 18.9 Å². The van der Waals surface area contributed by atoms with Gasteiger partial charge in [-0.3, -0.25) is 9.98 Å². The largest absolute Gasteiger partial charge is 0.873 e. The van der Waals surface area contributed by atoms with E-state index in [9.17, 15) is 10.2 Å². The molecule has 1 radical (unpaired) electrons. The van der Waals surface area contributed by atoms with Crippen LogP contribution in [0, 0.1) is 0 Å². The Kier molecular flexibility index (Phi) is 34.3. The van der Waals surface area contributed by atoms with Gasteiger partial charge in [0, 0.05) is 114 Å². The molecule has 0 unspecified atom stereocenters. The number of methoxy groups -OCH3 is 4. The van der Waals surface area contributed by atoms with Gasteiger partial charge in [0.25, 0.3) is 0 Å². The standard InChI is InChI=1S/C16H28N2O4.2C6H15OP.Tc/c1-15(2,21-5)13(19)7-9-17-11-12-18-10-8-14(20)16(3,4)22-6;2*1-7-5-4-6-8(2)3;/h7-10,19-20H,11-12H2,1-6H3;2*4-6H2,1-3H3;/b13-7-,14-8-,17-9?,18-10?;;;/i;;;1+1. The maximum absolute atomic E-state index is 11.7. The summed E-state index contributed by atoms with van der Waals surface area (Å²) in [7, 11) is 6.52. The third-order valence-corrected chi connectivity index (χ3v) is 7.99. The van der Waals surface area contributed by atoms with E-state index >= 15 is 0 Å². The third-order valence-electron chi connectivity index (χ3n) is 5.28. The van der Waals surface area contributed by atoms with E-state index in [-0.39, 0.29) is 47.5 Å². The summed E-state index contributed by atoms with van der Waals surface area (Å²) in [5, 5.41) is 23.3. The Morgan fingerprint density at radius 3 is 1.21 bits per heavy atom. The van der Waals surface area contributed by atoms with Gasteiger partial charge in [0.2, 0.25) is 0 Å². The molecule has 0 aliphatic rings. The zero-order valence-electron chi connectivity index (χ0n) is 26.7. The van der Waals surface area contributed by atoms with Crippen LogP contribution < -0.4 is 10.2 Å². The van der Waals surface area contributed by atoms with Crippen molar-refractivity contribution in [1.82, 2.24) is 0 Å². The van der Waals surface area contributed by atoms with E-state index in [2.05, 4.69) is 36.6 Å². The molecule has 0 amide bonds. The first-order valence-electron chi connectivity index (χ1n) is 13.1. The Bertz CT molecular complexity index is 614. The molecule has 233 valence electrons. The Balaban J connectivity index is -0.000000295. The summed E-state index contributed by atoms with van der Waals surface area (Å²) in [6.07, 6.45) is 10.9. The number of allylic oxidation sites excluding steroid dienone is 2. The molecule has 0 bridgehead atoms. The first-order chi connectivity index (χ1) is 17.7. The minimum atomic E-state index is -0.840. The minimum Gasteiger partial charge on any atom is -0.873 e. The SMILES string of the molecule is COC(C)(C)/C([O-])=C/C=NCCN=C/C=C(\[O-])C(C)(C)OC.COCCC[PH+](C)C.COCCC[PH+](C)C.[99Tc]. The van der Waals surface area contributed by atoms with Crippen LogP contribution in [-0.2, 0) is 39.1 Å².